The van der Waals surface area contributed by atoms with Crippen LogP contribution in [0.4, 0.5) is 0 Å². The van der Waals surface area contributed by atoms with E-state index in [0.717, 1.165) is 12.0 Å². The fourth-order valence-corrected chi connectivity index (χ4v) is 4.49. The van der Waals surface area contributed by atoms with Gasteiger partial charge in [-0.3, -0.25) is 4.79 Å². The van der Waals surface area contributed by atoms with Gasteiger partial charge >= 0.3 is 0 Å². The Morgan fingerprint density at radius 3 is 2.38 bits per heavy atom. The fraction of sp³-hybridized carbons (Fsp3) is 0.650. The lowest BCUT2D eigenvalue weighted by Gasteiger charge is -2.44. The van der Waals surface area contributed by atoms with Crippen LogP contribution < -0.4 is 0 Å². The molecule has 1 aromatic rings. The highest BCUT2D eigenvalue weighted by atomic mass is 16.1. The smallest absolute Gasteiger partial charge is 0.164 e. The summed E-state index contributed by atoms with van der Waals surface area (Å²) in [5.74, 6) is 0.761. The first kappa shape index (κ1) is 14.8. The number of carbonyl (C=O) groups is 1. The second kappa shape index (κ2) is 4.44. The molecule has 114 valence electrons. The number of Topliss-reactive ketones (excluding diaryl/α,β-unsaturated/α-hetero) is 1. The van der Waals surface area contributed by atoms with Crippen LogP contribution in [0.5, 0.6) is 0 Å². The van der Waals surface area contributed by atoms with Crippen molar-refractivity contribution >= 4 is 5.78 Å². The molecule has 2 aliphatic carbocycles. The Labute approximate surface area is 129 Å². The van der Waals surface area contributed by atoms with Crippen molar-refractivity contribution in [1.29, 1.82) is 0 Å². The summed E-state index contributed by atoms with van der Waals surface area (Å²) in [5.41, 5.74) is 7.20. The van der Waals surface area contributed by atoms with Gasteiger partial charge in [-0.15, -0.1) is 0 Å². The van der Waals surface area contributed by atoms with Crippen molar-refractivity contribution in [2.24, 2.45) is 0 Å². The van der Waals surface area contributed by atoms with Crippen LogP contribution >= 0.6 is 0 Å². The molecule has 1 heteroatoms. The predicted molar refractivity (Wildman–Crippen MR) is 88.5 cm³/mol. The summed E-state index contributed by atoms with van der Waals surface area (Å²) in [6.45, 7) is 13.9. The van der Waals surface area contributed by atoms with E-state index in [-0.39, 0.29) is 10.8 Å². The molecule has 1 nitrogen and oxygen atoms in total. The second-order valence-corrected chi connectivity index (χ2v) is 8.40. The molecular weight excluding hydrogens is 256 g/mol. The van der Waals surface area contributed by atoms with E-state index in [1.165, 1.54) is 35.1 Å². The topological polar surface area (TPSA) is 17.1 Å². The zero-order valence-corrected chi connectivity index (χ0v) is 14.4. The van der Waals surface area contributed by atoms with Gasteiger partial charge in [0.2, 0.25) is 0 Å². The Balaban J connectivity index is 2.42. The van der Waals surface area contributed by atoms with Gasteiger partial charge in [-0.05, 0) is 58.3 Å². The van der Waals surface area contributed by atoms with Crippen LogP contribution in [0.3, 0.4) is 0 Å². The van der Waals surface area contributed by atoms with E-state index in [4.69, 9.17) is 0 Å². The van der Waals surface area contributed by atoms with Gasteiger partial charge in [-0.2, -0.15) is 0 Å². The molecule has 3 rings (SSSR count). The minimum Gasteiger partial charge on any atom is -0.294 e. The van der Waals surface area contributed by atoms with Gasteiger partial charge in [0.25, 0.3) is 0 Å². The summed E-state index contributed by atoms with van der Waals surface area (Å²) in [4.78, 5) is 12.5. The molecule has 0 fully saturated rings. The maximum atomic E-state index is 12.5. The molecule has 0 aliphatic heterocycles. The van der Waals surface area contributed by atoms with Crippen molar-refractivity contribution in [1.82, 2.24) is 0 Å². The van der Waals surface area contributed by atoms with Crippen LogP contribution in [0.2, 0.25) is 0 Å². The van der Waals surface area contributed by atoms with Crippen molar-refractivity contribution in [3.8, 4) is 0 Å². The third kappa shape index (κ3) is 2.00. The summed E-state index contributed by atoms with van der Waals surface area (Å²) < 4.78 is 0. The van der Waals surface area contributed by atoms with Crippen LogP contribution in [0.15, 0.2) is 6.07 Å². The lowest BCUT2D eigenvalue weighted by Crippen LogP contribution is -2.35. The Bertz CT molecular complexity index is 619. The fourth-order valence-electron chi connectivity index (χ4n) is 4.49. The van der Waals surface area contributed by atoms with E-state index >= 15 is 0 Å². The lowest BCUT2D eigenvalue weighted by atomic mass is 9.60. The quantitative estimate of drug-likeness (QED) is 0.685. The van der Waals surface area contributed by atoms with Crippen molar-refractivity contribution in [3.63, 3.8) is 0 Å². The van der Waals surface area contributed by atoms with Gasteiger partial charge in [0.15, 0.2) is 5.78 Å². The van der Waals surface area contributed by atoms with E-state index in [1.807, 2.05) is 0 Å². The summed E-state index contributed by atoms with van der Waals surface area (Å²) in [7, 11) is 0. The molecule has 0 radical (unpaired) electrons. The molecule has 0 bridgehead atoms. The highest BCUT2D eigenvalue weighted by Gasteiger charge is 2.43. The third-order valence-electron chi connectivity index (χ3n) is 5.87. The number of carbonyl (C=O) groups excluding carboxylic acids is 1. The van der Waals surface area contributed by atoms with Gasteiger partial charge in [0.05, 0.1) is 0 Å². The summed E-state index contributed by atoms with van der Waals surface area (Å²) in [5, 5.41) is 0. The van der Waals surface area contributed by atoms with Crippen LogP contribution in [0.1, 0.15) is 99.3 Å². The molecule has 1 unspecified atom stereocenters. The number of rotatable bonds is 1. The van der Waals surface area contributed by atoms with Crippen LogP contribution in [-0.2, 0) is 17.3 Å². The summed E-state index contributed by atoms with van der Waals surface area (Å²) in [6, 6.07) is 2.37. The van der Waals surface area contributed by atoms with Crippen molar-refractivity contribution < 1.29 is 4.79 Å². The molecule has 0 amide bonds. The SMILES string of the molecule is CCc1cc2c(c3c1C(=O)CC3C)C(C)(C)CCC2(C)C. The number of ketones is 1. The number of aryl methyl sites for hydroxylation is 1. The molecule has 1 atom stereocenters. The molecule has 0 saturated heterocycles. The first-order chi connectivity index (χ1) is 9.69. The average Bonchev–Trinajstić information content (AvgIpc) is 2.70. The largest absolute Gasteiger partial charge is 0.294 e. The van der Waals surface area contributed by atoms with Crippen molar-refractivity contribution in [2.75, 3.05) is 0 Å². The first-order valence-corrected chi connectivity index (χ1v) is 8.43. The van der Waals surface area contributed by atoms with Crippen molar-refractivity contribution in [2.45, 2.75) is 84.0 Å². The van der Waals surface area contributed by atoms with E-state index in [2.05, 4.69) is 47.6 Å². The lowest BCUT2D eigenvalue weighted by molar-refractivity contribution is 0.0989. The standard InChI is InChI=1S/C20H28O/c1-7-13-11-14-18(16-12(2)10-15(21)17(13)16)20(5,6)9-8-19(14,3)4/h11-12H,7-10H2,1-6H3. The number of hydrogen-bond donors (Lipinski definition) is 0. The minimum absolute atomic E-state index is 0.195. The van der Waals surface area contributed by atoms with E-state index in [9.17, 15) is 4.79 Å². The van der Waals surface area contributed by atoms with Crippen LogP contribution in [0, 0.1) is 0 Å². The molecular formula is C20H28O. The summed E-state index contributed by atoms with van der Waals surface area (Å²) >= 11 is 0. The van der Waals surface area contributed by atoms with Crippen molar-refractivity contribution in [3.05, 3.63) is 33.9 Å². The zero-order chi connectivity index (χ0) is 15.6. The van der Waals surface area contributed by atoms with Crippen LogP contribution in [-0.4, -0.2) is 5.78 Å². The van der Waals surface area contributed by atoms with Crippen LogP contribution in [0.25, 0.3) is 0 Å². The normalized spacial score (nSPS) is 25.6. The van der Waals surface area contributed by atoms with Gasteiger partial charge in [-0.1, -0.05) is 47.6 Å². The molecule has 0 heterocycles. The van der Waals surface area contributed by atoms with E-state index < -0.39 is 0 Å². The molecule has 2 aliphatic rings. The Kier molecular flexibility index (Phi) is 3.13. The number of fused-ring (bicyclic) bond motifs is 3. The van der Waals surface area contributed by atoms with E-state index in [1.54, 1.807) is 0 Å². The average molecular weight is 284 g/mol. The number of hydrogen-bond acceptors (Lipinski definition) is 1. The van der Waals surface area contributed by atoms with Gasteiger partial charge in [-0.25, -0.2) is 0 Å². The minimum atomic E-state index is 0.195. The Morgan fingerprint density at radius 2 is 1.76 bits per heavy atom. The Morgan fingerprint density at radius 1 is 1.14 bits per heavy atom. The number of benzene rings is 1. The zero-order valence-electron chi connectivity index (χ0n) is 14.4. The maximum Gasteiger partial charge on any atom is 0.164 e. The molecule has 0 aromatic heterocycles. The molecule has 0 spiro atoms. The van der Waals surface area contributed by atoms with Gasteiger partial charge < -0.3 is 0 Å². The maximum absolute atomic E-state index is 12.5. The Hall–Kier alpha value is -1.11. The van der Waals surface area contributed by atoms with Gasteiger partial charge in [0, 0.05) is 12.0 Å². The molecule has 21 heavy (non-hydrogen) atoms. The first-order valence-electron chi connectivity index (χ1n) is 8.43. The highest BCUT2D eigenvalue weighted by Crippen LogP contribution is 2.52. The monoisotopic (exact) mass is 284 g/mol. The van der Waals surface area contributed by atoms with Gasteiger partial charge in [0.1, 0.15) is 0 Å². The second-order valence-electron chi connectivity index (χ2n) is 8.40. The highest BCUT2D eigenvalue weighted by molar-refractivity contribution is 6.03. The predicted octanol–water partition coefficient (Wildman–Crippen LogP) is 5.29. The summed E-state index contributed by atoms with van der Waals surface area (Å²) in [6.07, 6.45) is 4.11. The molecule has 1 aromatic carbocycles. The third-order valence-corrected chi connectivity index (χ3v) is 5.87. The van der Waals surface area contributed by atoms with E-state index in [0.29, 0.717) is 18.1 Å². The molecule has 0 saturated carbocycles. The molecule has 0 N–H and O–H groups in total.